The van der Waals surface area contributed by atoms with Crippen LogP contribution in [0.2, 0.25) is 0 Å². The first kappa shape index (κ1) is 18.0. The zero-order chi connectivity index (χ0) is 19.8. The summed E-state index contributed by atoms with van der Waals surface area (Å²) in [5.41, 5.74) is 3.92. The summed E-state index contributed by atoms with van der Waals surface area (Å²) < 4.78 is 18.4. The summed E-state index contributed by atoms with van der Waals surface area (Å²) in [7, 11) is 0. The summed E-state index contributed by atoms with van der Waals surface area (Å²) in [6.07, 6.45) is -1.05. The molecule has 144 valence electrons. The lowest BCUT2D eigenvalue weighted by atomic mass is 10.0. The number of carbonyl (C=O) groups is 2. The van der Waals surface area contributed by atoms with E-state index in [-0.39, 0.29) is 12.0 Å². The van der Waals surface area contributed by atoms with Gasteiger partial charge in [0.15, 0.2) is 0 Å². The van der Waals surface area contributed by atoms with Crippen LogP contribution in [0.4, 0.5) is 14.9 Å². The Hall–Kier alpha value is -3.35. The van der Waals surface area contributed by atoms with Crippen molar-refractivity contribution >= 4 is 28.6 Å². The van der Waals surface area contributed by atoms with Crippen molar-refractivity contribution in [2.75, 3.05) is 18.4 Å². The molecule has 28 heavy (non-hydrogen) atoms. The van der Waals surface area contributed by atoms with Crippen LogP contribution >= 0.6 is 0 Å². The predicted octanol–water partition coefficient (Wildman–Crippen LogP) is 4.00. The van der Waals surface area contributed by atoms with E-state index in [0.29, 0.717) is 24.3 Å². The van der Waals surface area contributed by atoms with Crippen LogP contribution in [0.15, 0.2) is 42.5 Å². The molecule has 2 amide bonds. The number of rotatable bonds is 3. The second kappa shape index (κ2) is 6.99. The second-order valence-corrected chi connectivity index (χ2v) is 6.98. The molecule has 4 rings (SSSR count). The van der Waals surface area contributed by atoms with Gasteiger partial charge in [-0.15, -0.1) is 0 Å². The molecule has 1 aliphatic rings. The highest BCUT2D eigenvalue weighted by molar-refractivity contribution is 6.07. The number of hydrogen-bond donors (Lipinski definition) is 2. The van der Waals surface area contributed by atoms with Crippen molar-refractivity contribution in [1.29, 1.82) is 0 Å². The molecule has 2 N–H and O–H groups in total. The molecule has 0 aliphatic carbocycles. The van der Waals surface area contributed by atoms with E-state index in [2.05, 4.69) is 10.3 Å². The van der Waals surface area contributed by atoms with Gasteiger partial charge >= 0.3 is 6.09 Å². The van der Waals surface area contributed by atoms with Gasteiger partial charge in [-0.1, -0.05) is 18.2 Å². The third kappa shape index (κ3) is 3.31. The molecule has 2 aromatic carbocycles. The lowest BCUT2D eigenvalue weighted by Gasteiger charge is -2.38. The Balaban J connectivity index is 1.37. The predicted molar refractivity (Wildman–Crippen MR) is 104 cm³/mol. The Labute approximate surface area is 161 Å². The van der Waals surface area contributed by atoms with E-state index in [1.165, 1.54) is 18.2 Å². The Bertz CT molecular complexity index is 1070. The summed E-state index contributed by atoms with van der Waals surface area (Å²) in [6.45, 7) is 4.65. The number of likely N-dealkylation sites (tertiary alicyclic amines) is 1. The number of aryl methyl sites for hydroxylation is 2. The number of H-pyrrole nitrogens is 1. The number of ether oxygens (including phenoxy) is 1. The molecule has 0 unspecified atom stereocenters. The van der Waals surface area contributed by atoms with Crippen molar-refractivity contribution in [1.82, 2.24) is 9.88 Å². The van der Waals surface area contributed by atoms with E-state index in [1.807, 2.05) is 26.0 Å². The van der Waals surface area contributed by atoms with E-state index in [1.54, 1.807) is 17.0 Å². The molecular weight excluding hydrogens is 361 g/mol. The first-order chi connectivity index (χ1) is 13.4. The highest BCUT2D eigenvalue weighted by atomic mass is 19.1. The van der Waals surface area contributed by atoms with E-state index in [0.717, 1.165) is 22.2 Å². The van der Waals surface area contributed by atoms with Gasteiger partial charge in [-0.3, -0.25) is 10.1 Å². The third-order valence-electron chi connectivity index (χ3n) is 5.05. The van der Waals surface area contributed by atoms with Crippen LogP contribution in [-0.2, 0) is 4.74 Å². The third-order valence-corrected chi connectivity index (χ3v) is 5.05. The van der Waals surface area contributed by atoms with Gasteiger partial charge in [-0.25, -0.2) is 9.18 Å². The highest BCUT2D eigenvalue weighted by Gasteiger charge is 2.34. The Morgan fingerprint density at radius 2 is 1.93 bits per heavy atom. The summed E-state index contributed by atoms with van der Waals surface area (Å²) in [5, 5.41) is 3.51. The van der Waals surface area contributed by atoms with Crippen molar-refractivity contribution in [3.05, 3.63) is 65.1 Å². The number of fused-ring (bicyclic) bond motifs is 1. The van der Waals surface area contributed by atoms with Crippen LogP contribution in [0, 0.1) is 19.7 Å². The first-order valence-electron chi connectivity index (χ1n) is 9.02. The summed E-state index contributed by atoms with van der Waals surface area (Å²) >= 11 is 0. The number of halogens is 1. The molecule has 0 saturated carbocycles. The number of benzene rings is 2. The number of hydrogen-bond acceptors (Lipinski definition) is 3. The van der Waals surface area contributed by atoms with Gasteiger partial charge in [0.05, 0.1) is 24.2 Å². The van der Waals surface area contributed by atoms with E-state index in [4.69, 9.17) is 4.74 Å². The number of aromatic amines is 1. The van der Waals surface area contributed by atoms with E-state index < -0.39 is 11.9 Å². The number of anilines is 1. The fourth-order valence-electron chi connectivity index (χ4n) is 3.37. The van der Waals surface area contributed by atoms with Crippen LogP contribution in [-0.4, -0.2) is 41.1 Å². The molecule has 1 aliphatic heterocycles. The molecule has 3 aromatic rings. The van der Waals surface area contributed by atoms with Gasteiger partial charge in [-0.05, 0) is 43.7 Å². The molecule has 1 aromatic heterocycles. The van der Waals surface area contributed by atoms with E-state index >= 15 is 0 Å². The van der Waals surface area contributed by atoms with Gasteiger partial charge in [-0.2, -0.15) is 0 Å². The van der Waals surface area contributed by atoms with Gasteiger partial charge in [0.2, 0.25) is 0 Å². The van der Waals surface area contributed by atoms with Crippen LogP contribution in [0.5, 0.6) is 0 Å². The summed E-state index contributed by atoms with van der Waals surface area (Å²) in [6, 6.07) is 11.2. The van der Waals surface area contributed by atoms with E-state index in [9.17, 15) is 14.0 Å². The second-order valence-electron chi connectivity index (χ2n) is 6.98. The minimum Gasteiger partial charge on any atom is -0.442 e. The van der Waals surface area contributed by atoms with Crippen molar-refractivity contribution in [3.63, 3.8) is 0 Å². The number of carbonyl (C=O) groups excluding carboxylic acids is 2. The average Bonchev–Trinajstić information content (AvgIpc) is 2.92. The molecule has 0 bridgehead atoms. The first-order valence-corrected chi connectivity index (χ1v) is 9.02. The molecule has 1 saturated heterocycles. The lowest BCUT2D eigenvalue weighted by molar-refractivity contribution is -0.00195. The van der Waals surface area contributed by atoms with Gasteiger partial charge in [0, 0.05) is 16.8 Å². The number of amides is 2. The Morgan fingerprint density at radius 1 is 1.18 bits per heavy atom. The summed E-state index contributed by atoms with van der Waals surface area (Å²) in [4.78, 5) is 29.7. The van der Waals surface area contributed by atoms with Crippen molar-refractivity contribution in [3.8, 4) is 0 Å². The normalized spacial score (nSPS) is 14.0. The molecule has 0 atom stereocenters. The average molecular weight is 381 g/mol. The zero-order valence-electron chi connectivity index (χ0n) is 15.6. The van der Waals surface area contributed by atoms with Crippen molar-refractivity contribution in [2.45, 2.75) is 20.0 Å². The maximum Gasteiger partial charge on any atom is 0.412 e. The number of nitrogens with one attached hydrogen (secondary N) is 2. The maximum absolute atomic E-state index is 13.2. The highest BCUT2D eigenvalue weighted by Crippen LogP contribution is 2.26. The minimum absolute atomic E-state index is 0.0998. The standard InChI is InChI=1S/C21H20FN3O3/c1-12-13(2)23-19-17(12)7-4-8-18(19)20(26)25-10-16(11-25)28-21(27)24-15-6-3-5-14(22)9-15/h3-9,16,23H,10-11H2,1-2H3,(H,24,27). The molecule has 7 heteroatoms. The minimum atomic E-state index is -0.666. The van der Waals surface area contributed by atoms with Gasteiger partial charge in [0.1, 0.15) is 11.9 Å². The topological polar surface area (TPSA) is 74.4 Å². The molecule has 1 fully saturated rings. The molecule has 0 radical (unpaired) electrons. The van der Waals surface area contributed by atoms with Crippen LogP contribution in [0.25, 0.3) is 10.9 Å². The number of para-hydroxylation sites is 1. The molecule has 0 spiro atoms. The van der Waals surface area contributed by atoms with Crippen molar-refractivity contribution in [2.24, 2.45) is 0 Å². The van der Waals surface area contributed by atoms with Crippen LogP contribution in [0.3, 0.4) is 0 Å². The fourth-order valence-corrected chi connectivity index (χ4v) is 3.37. The maximum atomic E-state index is 13.2. The van der Waals surface area contributed by atoms with Gasteiger partial charge in [0.25, 0.3) is 5.91 Å². The molecule has 2 heterocycles. The molecule has 6 nitrogen and oxygen atoms in total. The molecular formula is C21H20FN3O3. The zero-order valence-corrected chi connectivity index (χ0v) is 15.6. The number of nitrogens with zero attached hydrogens (tertiary/aromatic N) is 1. The van der Waals surface area contributed by atoms with Gasteiger partial charge < -0.3 is 14.6 Å². The van der Waals surface area contributed by atoms with Crippen molar-refractivity contribution < 1.29 is 18.7 Å². The monoisotopic (exact) mass is 381 g/mol. The quantitative estimate of drug-likeness (QED) is 0.720. The Kier molecular flexibility index (Phi) is 4.50. The Morgan fingerprint density at radius 3 is 2.68 bits per heavy atom. The largest absolute Gasteiger partial charge is 0.442 e. The van der Waals surface area contributed by atoms with Crippen LogP contribution < -0.4 is 5.32 Å². The number of aromatic nitrogens is 1. The fraction of sp³-hybridized carbons (Fsp3) is 0.238. The van der Waals surface area contributed by atoms with Crippen LogP contribution in [0.1, 0.15) is 21.6 Å². The smallest absolute Gasteiger partial charge is 0.412 e. The lowest BCUT2D eigenvalue weighted by Crippen LogP contribution is -2.55. The SMILES string of the molecule is Cc1[nH]c2c(C(=O)N3CC(OC(=O)Nc4cccc(F)c4)C3)cccc2c1C. The summed E-state index contributed by atoms with van der Waals surface area (Å²) in [5.74, 6) is -0.542.